The van der Waals surface area contributed by atoms with Crippen LogP contribution < -0.4 is 10.3 Å². The second kappa shape index (κ2) is 5.41. The molecule has 5 heteroatoms. The van der Waals surface area contributed by atoms with E-state index in [1.54, 1.807) is 4.40 Å². The predicted octanol–water partition coefficient (Wildman–Crippen LogP) is 3.41. The van der Waals surface area contributed by atoms with E-state index in [4.69, 9.17) is 4.74 Å². The van der Waals surface area contributed by atoms with Gasteiger partial charge in [-0.25, -0.2) is 0 Å². The van der Waals surface area contributed by atoms with Crippen LogP contribution in [-0.2, 0) is 7.05 Å². The van der Waals surface area contributed by atoms with E-state index in [2.05, 4.69) is 12.1 Å². The molecule has 0 radical (unpaired) electrons. The zero-order valence-corrected chi connectivity index (χ0v) is 14.9. The molecular weight excluding hydrogens is 302 g/mol. The van der Waals surface area contributed by atoms with Crippen LogP contribution in [0.15, 0.2) is 16.9 Å². The van der Waals surface area contributed by atoms with Gasteiger partial charge in [-0.3, -0.25) is 9.20 Å². The van der Waals surface area contributed by atoms with Crippen molar-refractivity contribution in [2.24, 2.45) is 7.05 Å². The number of pyridine rings is 1. The summed E-state index contributed by atoms with van der Waals surface area (Å²) in [5.41, 5.74) is 5.40. The Morgan fingerprint density at radius 1 is 1.17 bits per heavy atom. The molecule has 0 aliphatic carbocycles. The molecule has 0 amide bonds. The average Bonchev–Trinajstić information content (AvgIpc) is 2.80. The van der Waals surface area contributed by atoms with E-state index in [0.717, 1.165) is 22.2 Å². The highest BCUT2D eigenvalue weighted by Crippen LogP contribution is 2.32. The van der Waals surface area contributed by atoms with Crippen molar-refractivity contribution in [2.75, 3.05) is 7.11 Å². The van der Waals surface area contributed by atoms with Crippen LogP contribution in [-0.4, -0.2) is 16.1 Å². The third kappa shape index (κ3) is 1.96. The van der Waals surface area contributed by atoms with Gasteiger partial charge in [-0.1, -0.05) is 13.8 Å². The second-order valence-corrected chi connectivity index (χ2v) is 6.54. The molecule has 0 bridgehead atoms. The summed E-state index contributed by atoms with van der Waals surface area (Å²) in [6.07, 6.45) is 0. The molecule has 0 saturated carbocycles. The summed E-state index contributed by atoms with van der Waals surface area (Å²) >= 11 is 0. The molecule has 3 aromatic rings. The third-order valence-corrected chi connectivity index (χ3v) is 4.74. The first-order valence-electron chi connectivity index (χ1n) is 7.95. The van der Waals surface area contributed by atoms with E-state index in [-0.39, 0.29) is 11.5 Å². The molecule has 124 valence electrons. The van der Waals surface area contributed by atoms with Crippen molar-refractivity contribution in [3.8, 4) is 11.8 Å². The van der Waals surface area contributed by atoms with E-state index >= 15 is 0 Å². The molecule has 5 nitrogen and oxygen atoms in total. The number of ether oxygens (including phenoxy) is 1. The first-order valence-corrected chi connectivity index (χ1v) is 7.95. The first-order chi connectivity index (χ1) is 11.3. The minimum absolute atomic E-state index is 0.0433. The molecule has 0 N–H and O–H groups in total. The van der Waals surface area contributed by atoms with Crippen molar-refractivity contribution in [1.29, 1.82) is 5.26 Å². The summed E-state index contributed by atoms with van der Waals surface area (Å²) in [6, 6.07) is 6.30. The van der Waals surface area contributed by atoms with Gasteiger partial charge >= 0.3 is 0 Å². The molecule has 2 aromatic heterocycles. The van der Waals surface area contributed by atoms with Crippen molar-refractivity contribution in [3.05, 3.63) is 44.7 Å². The highest BCUT2D eigenvalue weighted by molar-refractivity contribution is 5.86. The normalized spacial score (nSPS) is 11.4. The van der Waals surface area contributed by atoms with Gasteiger partial charge in [-0.2, -0.15) is 5.26 Å². The van der Waals surface area contributed by atoms with Crippen LogP contribution in [0.3, 0.4) is 0 Å². The van der Waals surface area contributed by atoms with Crippen LogP contribution in [0.25, 0.3) is 16.7 Å². The maximum Gasteiger partial charge on any atom is 0.264 e. The number of aryl methyl sites for hydroxylation is 3. The number of hydrogen-bond donors (Lipinski definition) is 0. The van der Waals surface area contributed by atoms with Gasteiger partial charge < -0.3 is 9.30 Å². The summed E-state index contributed by atoms with van der Waals surface area (Å²) < 4.78 is 9.02. The Balaban J connectivity index is 2.73. The summed E-state index contributed by atoms with van der Waals surface area (Å²) in [4.78, 5) is 13.2. The van der Waals surface area contributed by atoms with E-state index in [1.807, 2.05) is 45.4 Å². The average molecular weight is 323 g/mol. The lowest BCUT2D eigenvalue weighted by molar-refractivity contribution is 0.404. The van der Waals surface area contributed by atoms with Gasteiger partial charge in [-0.05, 0) is 43.0 Å². The van der Waals surface area contributed by atoms with E-state index in [0.29, 0.717) is 22.5 Å². The molecule has 0 spiro atoms. The van der Waals surface area contributed by atoms with Crippen molar-refractivity contribution in [2.45, 2.75) is 33.6 Å². The van der Waals surface area contributed by atoms with Crippen LogP contribution >= 0.6 is 0 Å². The number of nitrogens with zero attached hydrogens (tertiary/aromatic N) is 3. The van der Waals surface area contributed by atoms with E-state index in [9.17, 15) is 10.1 Å². The lowest BCUT2D eigenvalue weighted by atomic mass is 10.0. The largest absolute Gasteiger partial charge is 0.495 e. The smallest absolute Gasteiger partial charge is 0.264 e. The van der Waals surface area contributed by atoms with Crippen LogP contribution in [0, 0.1) is 25.2 Å². The number of methoxy groups -OCH3 is 1. The van der Waals surface area contributed by atoms with Gasteiger partial charge in [-0.15, -0.1) is 0 Å². The van der Waals surface area contributed by atoms with Crippen molar-refractivity contribution in [3.63, 3.8) is 0 Å². The number of fused-ring (bicyclic) bond motifs is 3. The Labute approximate surface area is 140 Å². The Kier molecular flexibility index (Phi) is 3.64. The summed E-state index contributed by atoms with van der Waals surface area (Å²) in [6.45, 7) is 7.94. The molecule has 3 rings (SSSR count). The zero-order chi connectivity index (χ0) is 17.8. The number of nitriles is 1. The van der Waals surface area contributed by atoms with Gasteiger partial charge in [0.1, 0.15) is 23.0 Å². The minimum Gasteiger partial charge on any atom is -0.495 e. The van der Waals surface area contributed by atoms with Crippen molar-refractivity contribution < 1.29 is 4.74 Å². The van der Waals surface area contributed by atoms with Gasteiger partial charge in [0.15, 0.2) is 0 Å². The quantitative estimate of drug-likeness (QED) is 0.726. The molecule has 0 unspecified atom stereocenters. The minimum atomic E-state index is -0.121. The molecular formula is C19H21N3O2. The van der Waals surface area contributed by atoms with Gasteiger partial charge in [0.05, 0.1) is 23.7 Å². The molecule has 0 saturated heterocycles. The molecule has 0 aliphatic rings. The molecule has 24 heavy (non-hydrogen) atoms. The molecule has 2 heterocycles. The lowest BCUT2D eigenvalue weighted by Crippen LogP contribution is -2.22. The van der Waals surface area contributed by atoms with E-state index in [1.165, 1.54) is 7.11 Å². The van der Waals surface area contributed by atoms with E-state index < -0.39 is 0 Å². The van der Waals surface area contributed by atoms with Crippen molar-refractivity contribution >= 4 is 16.7 Å². The Morgan fingerprint density at radius 3 is 2.25 bits per heavy atom. The molecule has 0 aliphatic heterocycles. The van der Waals surface area contributed by atoms with Crippen molar-refractivity contribution in [1.82, 2.24) is 8.97 Å². The maximum atomic E-state index is 13.2. The predicted molar refractivity (Wildman–Crippen MR) is 95.0 cm³/mol. The number of aromatic nitrogens is 2. The molecule has 0 atom stereocenters. The van der Waals surface area contributed by atoms with Gasteiger partial charge in [0.2, 0.25) is 0 Å². The number of rotatable bonds is 2. The highest BCUT2D eigenvalue weighted by Gasteiger charge is 2.25. The van der Waals surface area contributed by atoms with Gasteiger partial charge in [0.25, 0.3) is 5.56 Å². The molecule has 0 fully saturated rings. The van der Waals surface area contributed by atoms with Gasteiger partial charge in [0, 0.05) is 7.05 Å². The fraction of sp³-hybridized carbons (Fsp3) is 0.368. The number of hydrogen-bond acceptors (Lipinski definition) is 3. The Bertz CT molecular complexity index is 1080. The summed E-state index contributed by atoms with van der Waals surface area (Å²) in [5.74, 6) is 0.343. The van der Waals surface area contributed by atoms with Crippen LogP contribution in [0.5, 0.6) is 5.75 Å². The topological polar surface area (TPSA) is 59.4 Å². The Morgan fingerprint density at radius 2 is 1.75 bits per heavy atom. The lowest BCUT2D eigenvalue weighted by Gasteiger charge is -2.14. The molecule has 1 aromatic carbocycles. The SMILES string of the molecule is COc1c(C(C)C)c(=O)n2c3cc(C)c(C)cc3n(C)c2c1C#N. The fourth-order valence-corrected chi connectivity index (χ4v) is 3.37. The zero-order valence-electron chi connectivity index (χ0n) is 14.9. The number of imidazole rings is 1. The standard InChI is InChI=1S/C19H21N3O2/c1-10(2)16-17(24-6)13(9-20)18-21(5)14-7-11(3)12(4)8-15(14)22(18)19(16)23/h7-8,10H,1-6H3. The maximum absolute atomic E-state index is 13.2. The Hall–Kier alpha value is -2.74. The third-order valence-electron chi connectivity index (χ3n) is 4.74. The fourth-order valence-electron chi connectivity index (χ4n) is 3.37. The first kappa shape index (κ1) is 16.1. The monoisotopic (exact) mass is 323 g/mol. The second-order valence-electron chi connectivity index (χ2n) is 6.54. The van der Waals surface area contributed by atoms with Crippen LogP contribution in [0.1, 0.15) is 42.0 Å². The number of benzene rings is 1. The van der Waals surface area contributed by atoms with Crippen LogP contribution in [0.4, 0.5) is 0 Å². The van der Waals surface area contributed by atoms with Crippen LogP contribution in [0.2, 0.25) is 0 Å². The summed E-state index contributed by atoms with van der Waals surface area (Å²) in [5, 5.41) is 9.74. The highest BCUT2D eigenvalue weighted by atomic mass is 16.5. The summed E-state index contributed by atoms with van der Waals surface area (Å²) in [7, 11) is 3.39.